The van der Waals surface area contributed by atoms with E-state index in [1.54, 1.807) is 30.0 Å². The maximum atomic E-state index is 13.5. The van der Waals surface area contributed by atoms with Gasteiger partial charge in [-0.05, 0) is 103 Å². The first-order valence-corrected chi connectivity index (χ1v) is 19.8. The molecular formula is C36H57N5O10S. The van der Waals surface area contributed by atoms with E-state index in [9.17, 15) is 37.5 Å². The van der Waals surface area contributed by atoms with E-state index in [0.29, 0.717) is 50.9 Å². The van der Waals surface area contributed by atoms with Crippen LogP contribution in [0.4, 0.5) is 9.59 Å². The molecule has 2 unspecified atom stereocenters. The van der Waals surface area contributed by atoms with E-state index in [4.69, 9.17) is 9.47 Å². The quantitative estimate of drug-likeness (QED) is 0.170. The van der Waals surface area contributed by atoms with Gasteiger partial charge in [0.15, 0.2) is 0 Å². The van der Waals surface area contributed by atoms with Crippen LogP contribution in [0.2, 0.25) is 0 Å². The van der Waals surface area contributed by atoms with Crippen molar-refractivity contribution >= 4 is 40.0 Å². The molecule has 1 aromatic rings. The first-order valence-electron chi connectivity index (χ1n) is 18.3. The summed E-state index contributed by atoms with van der Waals surface area (Å²) in [5.74, 6) is -1.10. The van der Waals surface area contributed by atoms with Gasteiger partial charge in [-0.15, -0.1) is 0 Å². The molecule has 2 atom stereocenters. The van der Waals surface area contributed by atoms with Crippen LogP contribution in [0, 0.1) is 17.8 Å². The number of carboxylic acid groups (broad SMARTS) is 1. The number of likely N-dealkylation sites (tertiary alicyclic amines) is 2. The summed E-state index contributed by atoms with van der Waals surface area (Å²) in [6, 6.07) is 6.18. The molecule has 0 spiro atoms. The molecule has 2 aliphatic rings. The number of benzene rings is 1. The van der Waals surface area contributed by atoms with Crippen molar-refractivity contribution in [1.82, 2.24) is 25.2 Å². The van der Waals surface area contributed by atoms with Gasteiger partial charge in [0, 0.05) is 51.6 Å². The molecule has 0 aliphatic carbocycles. The van der Waals surface area contributed by atoms with Gasteiger partial charge >= 0.3 is 18.2 Å². The highest BCUT2D eigenvalue weighted by atomic mass is 32.2. The highest BCUT2D eigenvalue weighted by Crippen LogP contribution is 2.29. The van der Waals surface area contributed by atoms with Gasteiger partial charge < -0.3 is 35.0 Å². The Bertz CT molecular complexity index is 1440. The average molecular weight is 752 g/mol. The Morgan fingerprint density at radius 3 is 1.96 bits per heavy atom. The van der Waals surface area contributed by atoms with Gasteiger partial charge in [-0.25, -0.2) is 18.0 Å². The van der Waals surface area contributed by atoms with Crippen LogP contribution in [0.1, 0.15) is 85.5 Å². The van der Waals surface area contributed by atoms with E-state index in [1.807, 2.05) is 20.8 Å². The van der Waals surface area contributed by atoms with E-state index in [0.717, 1.165) is 38.5 Å². The van der Waals surface area contributed by atoms with E-state index in [2.05, 4.69) is 15.4 Å². The van der Waals surface area contributed by atoms with E-state index >= 15 is 0 Å². The molecule has 2 aliphatic heterocycles. The number of sulfonamides is 1. The van der Waals surface area contributed by atoms with Crippen molar-refractivity contribution in [2.75, 3.05) is 45.9 Å². The minimum absolute atomic E-state index is 0.0241. The van der Waals surface area contributed by atoms with Crippen molar-refractivity contribution in [3.05, 3.63) is 30.3 Å². The Morgan fingerprint density at radius 2 is 1.44 bits per heavy atom. The highest BCUT2D eigenvalue weighted by Gasteiger charge is 2.30. The van der Waals surface area contributed by atoms with Gasteiger partial charge in [0.1, 0.15) is 11.6 Å². The number of hydrogen-bond acceptors (Lipinski definition) is 9. The summed E-state index contributed by atoms with van der Waals surface area (Å²) >= 11 is 0. The molecule has 3 rings (SSSR count). The molecule has 2 fully saturated rings. The summed E-state index contributed by atoms with van der Waals surface area (Å²) in [5, 5.41) is 14.7. The minimum Gasteiger partial charge on any atom is -0.465 e. The zero-order chi connectivity index (χ0) is 38.3. The van der Waals surface area contributed by atoms with Crippen LogP contribution in [0.3, 0.4) is 0 Å². The smallest absolute Gasteiger partial charge is 0.410 e. The monoisotopic (exact) mass is 751 g/mol. The van der Waals surface area contributed by atoms with Gasteiger partial charge in [0.2, 0.25) is 21.8 Å². The minimum atomic E-state index is -4.07. The summed E-state index contributed by atoms with van der Waals surface area (Å²) in [4.78, 5) is 65.7. The number of carbonyl (C=O) groups excluding carboxylic acids is 4. The molecule has 0 bridgehead atoms. The summed E-state index contributed by atoms with van der Waals surface area (Å²) < 4.78 is 38.5. The van der Waals surface area contributed by atoms with Crippen molar-refractivity contribution in [1.29, 1.82) is 0 Å². The largest absolute Gasteiger partial charge is 0.465 e. The number of piperidine rings is 2. The van der Waals surface area contributed by atoms with Crippen LogP contribution in [0.15, 0.2) is 35.2 Å². The standard InChI is InChI=1S/C36H57N5O10S/c1-5-50-33(44)30(39-52(48,49)29-9-7-6-8-10-29)25-38-31(42)15-20-37-32(43)28(13-11-26-16-21-40(22-17-26)34(45)46)14-12-27-18-23-41(24-19-27)35(47)51-36(2,3)4/h6-10,26-28,30,39H,5,11-25H2,1-4H3,(H,37,43)(H,38,42)(H,45,46). The third-order valence-electron chi connectivity index (χ3n) is 9.45. The Hall–Kier alpha value is -3.92. The summed E-state index contributed by atoms with van der Waals surface area (Å²) in [5.41, 5.74) is -0.562. The van der Waals surface area contributed by atoms with Crippen molar-refractivity contribution in [3.8, 4) is 0 Å². The summed E-state index contributed by atoms with van der Waals surface area (Å²) in [6.45, 7) is 8.99. The zero-order valence-corrected chi connectivity index (χ0v) is 31.8. The second-order valence-corrected chi connectivity index (χ2v) is 16.3. The normalized spacial score (nSPS) is 17.2. The van der Waals surface area contributed by atoms with Crippen LogP contribution in [-0.2, 0) is 33.9 Å². The van der Waals surface area contributed by atoms with Gasteiger partial charge in [0.05, 0.1) is 11.5 Å². The van der Waals surface area contributed by atoms with Crippen LogP contribution in [-0.4, -0.2) is 111 Å². The fourth-order valence-electron chi connectivity index (χ4n) is 6.44. The zero-order valence-electron chi connectivity index (χ0n) is 30.9. The van der Waals surface area contributed by atoms with Crippen molar-refractivity contribution in [2.24, 2.45) is 17.8 Å². The van der Waals surface area contributed by atoms with E-state index < -0.39 is 39.6 Å². The van der Waals surface area contributed by atoms with Gasteiger partial charge in [-0.3, -0.25) is 14.4 Å². The molecule has 16 heteroatoms. The fraction of sp³-hybridized carbons (Fsp3) is 0.694. The fourth-order valence-corrected chi connectivity index (χ4v) is 7.65. The Morgan fingerprint density at radius 1 is 0.885 bits per heavy atom. The van der Waals surface area contributed by atoms with Crippen LogP contribution in [0.5, 0.6) is 0 Å². The molecule has 52 heavy (non-hydrogen) atoms. The van der Waals surface area contributed by atoms with E-state index in [1.165, 1.54) is 17.0 Å². The molecule has 1 aromatic carbocycles. The highest BCUT2D eigenvalue weighted by molar-refractivity contribution is 7.89. The molecular weight excluding hydrogens is 694 g/mol. The molecule has 2 heterocycles. The summed E-state index contributed by atoms with van der Waals surface area (Å²) in [7, 11) is -4.07. The molecule has 4 N–H and O–H groups in total. The molecule has 0 aromatic heterocycles. The lowest BCUT2D eigenvalue weighted by atomic mass is 9.84. The Labute approximate surface area is 307 Å². The van der Waals surface area contributed by atoms with Crippen molar-refractivity contribution in [3.63, 3.8) is 0 Å². The second-order valence-electron chi connectivity index (χ2n) is 14.6. The predicted octanol–water partition coefficient (Wildman–Crippen LogP) is 3.73. The van der Waals surface area contributed by atoms with Crippen LogP contribution >= 0.6 is 0 Å². The number of nitrogens with zero attached hydrogens (tertiary/aromatic N) is 2. The number of esters is 1. The van der Waals surface area contributed by atoms with Gasteiger partial charge in [-0.2, -0.15) is 4.72 Å². The van der Waals surface area contributed by atoms with Gasteiger partial charge in [-0.1, -0.05) is 18.2 Å². The SMILES string of the molecule is CCOC(=O)C(CNC(=O)CCNC(=O)C(CCC1CCN(C(=O)O)CC1)CCC1CCN(C(=O)OC(C)(C)C)CC1)NS(=O)(=O)c1ccccc1. The first-order chi connectivity index (χ1) is 24.6. The molecule has 0 radical (unpaired) electrons. The number of amides is 4. The molecule has 2 saturated heterocycles. The maximum Gasteiger partial charge on any atom is 0.410 e. The number of rotatable bonds is 17. The van der Waals surface area contributed by atoms with Gasteiger partial charge in [0.25, 0.3) is 0 Å². The lowest BCUT2D eigenvalue weighted by Crippen LogP contribution is -2.49. The topological polar surface area (TPSA) is 201 Å². The Kier molecular flexibility index (Phi) is 16.6. The number of hydrogen-bond donors (Lipinski definition) is 4. The average Bonchev–Trinajstić information content (AvgIpc) is 3.10. The summed E-state index contributed by atoms with van der Waals surface area (Å²) in [6.07, 6.45) is 4.69. The van der Waals surface area contributed by atoms with Crippen molar-refractivity contribution in [2.45, 2.75) is 102 Å². The third kappa shape index (κ3) is 14.6. The lowest BCUT2D eigenvalue weighted by molar-refractivity contribution is -0.145. The molecule has 15 nitrogen and oxygen atoms in total. The Balaban J connectivity index is 1.52. The second kappa shape index (κ2) is 20.4. The first kappa shape index (κ1) is 42.5. The predicted molar refractivity (Wildman–Crippen MR) is 193 cm³/mol. The third-order valence-corrected chi connectivity index (χ3v) is 10.9. The van der Waals surface area contributed by atoms with Crippen LogP contribution < -0.4 is 15.4 Å². The molecule has 4 amide bonds. The number of ether oxygens (including phenoxy) is 2. The van der Waals surface area contributed by atoms with Crippen LogP contribution in [0.25, 0.3) is 0 Å². The number of carbonyl (C=O) groups is 5. The number of nitrogens with one attached hydrogen (secondary N) is 3. The lowest BCUT2D eigenvalue weighted by Gasteiger charge is -2.34. The van der Waals surface area contributed by atoms with Crippen molar-refractivity contribution < 1.29 is 47.0 Å². The molecule has 0 saturated carbocycles. The molecule has 292 valence electrons. The van der Waals surface area contributed by atoms with E-state index in [-0.39, 0.29) is 48.9 Å². The maximum absolute atomic E-state index is 13.5.